The number of nitrogens with zero attached hydrogens (tertiary/aromatic N) is 2. The van der Waals surface area contributed by atoms with Crippen LogP contribution < -0.4 is 10.9 Å². The van der Waals surface area contributed by atoms with Crippen LogP contribution in [-0.2, 0) is 25.5 Å². The Labute approximate surface area is 225 Å². The van der Waals surface area contributed by atoms with Crippen LogP contribution in [0.1, 0.15) is 32.5 Å². The predicted molar refractivity (Wildman–Crippen MR) is 145 cm³/mol. The van der Waals surface area contributed by atoms with Crippen LogP contribution in [0.3, 0.4) is 0 Å². The lowest BCUT2D eigenvalue weighted by Crippen LogP contribution is -2.28. The molecule has 3 aromatic heterocycles. The van der Waals surface area contributed by atoms with E-state index in [0.29, 0.717) is 15.4 Å². The average molecular weight is 556 g/mol. The molecule has 0 atom stereocenters. The molecule has 0 aliphatic rings. The van der Waals surface area contributed by atoms with Crippen molar-refractivity contribution in [2.45, 2.75) is 20.4 Å². The van der Waals surface area contributed by atoms with Gasteiger partial charge in [-0.2, -0.15) is 0 Å². The van der Waals surface area contributed by atoms with Crippen molar-refractivity contribution in [1.82, 2.24) is 9.55 Å². The van der Waals surface area contributed by atoms with Crippen LogP contribution in [0.5, 0.6) is 0 Å². The highest BCUT2D eigenvalue weighted by Crippen LogP contribution is 2.36. The van der Waals surface area contributed by atoms with Gasteiger partial charge < -0.3 is 19.5 Å². The number of methoxy groups -OCH3 is 1. The zero-order valence-electron chi connectivity index (χ0n) is 20.9. The minimum Gasteiger partial charge on any atom is -0.462 e. The van der Waals surface area contributed by atoms with Crippen LogP contribution in [0.2, 0.25) is 0 Å². The molecule has 10 nitrogen and oxygen atoms in total. The maximum absolute atomic E-state index is 13.2. The predicted octanol–water partition coefficient (Wildman–Crippen LogP) is 4.11. The first-order valence-corrected chi connectivity index (χ1v) is 13.3. The highest BCUT2D eigenvalue weighted by Gasteiger charge is 2.23. The van der Waals surface area contributed by atoms with Crippen LogP contribution in [0.15, 0.2) is 47.5 Å². The number of carbonyl (C=O) groups excluding carboxylic acids is 3. The summed E-state index contributed by atoms with van der Waals surface area (Å²) in [6, 6.07) is 11.1. The molecule has 12 heteroatoms. The van der Waals surface area contributed by atoms with Crippen LogP contribution in [0.25, 0.3) is 20.7 Å². The van der Waals surface area contributed by atoms with Crippen molar-refractivity contribution in [2.75, 3.05) is 32.2 Å². The largest absolute Gasteiger partial charge is 0.462 e. The lowest BCUT2D eigenvalue weighted by molar-refractivity contribution is -0.116. The third kappa shape index (κ3) is 5.82. The minimum absolute atomic E-state index is 0.0867. The molecule has 4 rings (SSSR count). The molecule has 0 radical (unpaired) electrons. The van der Waals surface area contributed by atoms with Crippen molar-refractivity contribution >= 4 is 55.7 Å². The SMILES string of the molecule is CCOC(=O)c1cc(-c2ccccc2)sc1NC(=O)Cn1cnc2sc(C(=O)OCCOC)c(C)c2c1=O. The van der Waals surface area contributed by atoms with Crippen molar-refractivity contribution in [1.29, 1.82) is 0 Å². The van der Waals surface area contributed by atoms with Gasteiger partial charge in [-0.25, -0.2) is 14.6 Å². The molecule has 0 spiro atoms. The van der Waals surface area contributed by atoms with Gasteiger partial charge in [0.2, 0.25) is 5.91 Å². The lowest BCUT2D eigenvalue weighted by Gasteiger charge is -2.08. The number of aromatic nitrogens is 2. The van der Waals surface area contributed by atoms with Crippen LogP contribution in [0.4, 0.5) is 5.00 Å². The fourth-order valence-electron chi connectivity index (χ4n) is 3.66. The number of aryl methyl sites for hydroxylation is 1. The van der Waals surface area contributed by atoms with Crippen molar-refractivity contribution in [3.8, 4) is 10.4 Å². The van der Waals surface area contributed by atoms with Crippen molar-refractivity contribution in [2.24, 2.45) is 0 Å². The van der Waals surface area contributed by atoms with E-state index in [1.54, 1.807) is 19.9 Å². The third-order valence-electron chi connectivity index (χ3n) is 5.48. The molecule has 0 unspecified atom stereocenters. The van der Waals surface area contributed by atoms with Gasteiger partial charge >= 0.3 is 11.9 Å². The van der Waals surface area contributed by atoms with Crippen LogP contribution in [0, 0.1) is 6.92 Å². The second-order valence-electron chi connectivity index (χ2n) is 8.03. The maximum Gasteiger partial charge on any atom is 0.348 e. The Bertz CT molecular complexity index is 1540. The molecule has 0 saturated carbocycles. The van der Waals surface area contributed by atoms with Crippen LogP contribution in [-0.4, -0.2) is 54.3 Å². The normalized spacial score (nSPS) is 10.9. The summed E-state index contributed by atoms with van der Waals surface area (Å²) in [6.07, 6.45) is 1.26. The summed E-state index contributed by atoms with van der Waals surface area (Å²) in [5, 5.41) is 3.31. The zero-order valence-corrected chi connectivity index (χ0v) is 22.6. The summed E-state index contributed by atoms with van der Waals surface area (Å²) >= 11 is 2.29. The van der Waals surface area contributed by atoms with Gasteiger partial charge in [-0.1, -0.05) is 30.3 Å². The molecule has 198 valence electrons. The number of hydrogen-bond donors (Lipinski definition) is 1. The molecule has 1 N–H and O–H groups in total. The number of thiophene rings is 2. The Morgan fingerprint density at radius 1 is 1.05 bits per heavy atom. The topological polar surface area (TPSA) is 126 Å². The van der Waals surface area contributed by atoms with Gasteiger partial charge in [0, 0.05) is 12.0 Å². The highest BCUT2D eigenvalue weighted by atomic mass is 32.1. The van der Waals surface area contributed by atoms with E-state index >= 15 is 0 Å². The fraction of sp³-hybridized carbons (Fsp3) is 0.269. The third-order valence-corrected chi connectivity index (χ3v) is 7.76. The van der Waals surface area contributed by atoms with E-state index in [9.17, 15) is 19.2 Å². The summed E-state index contributed by atoms with van der Waals surface area (Å²) in [7, 11) is 1.50. The molecule has 4 aromatic rings. The van der Waals surface area contributed by atoms with E-state index < -0.39 is 23.4 Å². The smallest absolute Gasteiger partial charge is 0.348 e. The summed E-state index contributed by atoms with van der Waals surface area (Å²) in [5.41, 5.74) is 1.10. The molecule has 0 bridgehead atoms. The van der Waals surface area contributed by atoms with E-state index in [0.717, 1.165) is 26.3 Å². The first kappa shape index (κ1) is 27.2. The number of amides is 1. The van der Waals surface area contributed by atoms with E-state index in [4.69, 9.17) is 14.2 Å². The Morgan fingerprint density at radius 2 is 1.82 bits per heavy atom. The number of fused-ring (bicyclic) bond motifs is 1. The van der Waals surface area contributed by atoms with Gasteiger partial charge in [0.1, 0.15) is 27.9 Å². The van der Waals surface area contributed by atoms with Crippen molar-refractivity contribution in [3.05, 3.63) is 69.1 Å². The molecule has 0 aliphatic carbocycles. The second kappa shape index (κ2) is 12.1. The van der Waals surface area contributed by atoms with E-state index in [1.165, 1.54) is 24.8 Å². The van der Waals surface area contributed by atoms with Crippen LogP contribution >= 0.6 is 22.7 Å². The first-order chi connectivity index (χ1) is 18.3. The Kier molecular flexibility index (Phi) is 8.66. The molecule has 0 saturated heterocycles. The van der Waals surface area contributed by atoms with Gasteiger partial charge in [-0.3, -0.25) is 14.2 Å². The zero-order chi connectivity index (χ0) is 27.2. The number of hydrogen-bond acceptors (Lipinski definition) is 10. The van der Waals surface area contributed by atoms with Gasteiger partial charge in [-0.05, 0) is 31.0 Å². The number of nitrogens with one attached hydrogen (secondary N) is 1. The molecular formula is C26H25N3O7S2. The number of rotatable bonds is 10. The Morgan fingerprint density at radius 3 is 2.53 bits per heavy atom. The summed E-state index contributed by atoms with van der Waals surface area (Å²) in [4.78, 5) is 56.8. The molecule has 1 amide bonds. The van der Waals surface area contributed by atoms with E-state index in [1.807, 2.05) is 30.3 Å². The second-order valence-corrected chi connectivity index (χ2v) is 10.1. The number of benzene rings is 1. The van der Waals surface area contributed by atoms with Crippen molar-refractivity contribution in [3.63, 3.8) is 0 Å². The fourth-order valence-corrected chi connectivity index (χ4v) is 5.76. The summed E-state index contributed by atoms with van der Waals surface area (Å²) in [5.74, 6) is -1.64. The van der Waals surface area contributed by atoms with Gasteiger partial charge in [0.05, 0.1) is 30.5 Å². The van der Waals surface area contributed by atoms with Gasteiger partial charge in [0.25, 0.3) is 5.56 Å². The molecule has 38 heavy (non-hydrogen) atoms. The molecule has 0 fully saturated rings. The molecular weight excluding hydrogens is 530 g/mol. The lowest BCUT2D eigenvalue weighted by atomic mass is 10.1. The monoisotopic (exact) mass is 555 g/mol. The van der Waals surface area contributed by atoms with E-state index in [2.05, 4.69) is 10.3 Å². The summed E-state index contributed by atoms with van der Waals surface area (Å²) < 4.78 is 16.4. The first-order valence-electron chi connectivity index (χ1n) is 11.6. The highest BCUT2D eigenvalue weighted by molar-refractivity contribution is 7.20. The molecule has 1 aromatic carbocycles. The Hall–Kier alpha value is -3.87. The minimum atomic E-state index is -0.565. The quantitative estimate of drug-likeness (QED) is 0.229. The molecule has 0 aliphatic heterocycles. The maximum atomic E-state index is 13.2. The average Bonchev–Trinajstić information content (AvgIpc) is 3.48. The van der Waals surface area contributed by atoms with E-state index in [-0.39, 0.29) is 42.2 Å². The summed E-state index contributed by atoms with van der Waals surface area (Å²) in [6.45, 7) is 3.53. The van der Waals surface area contributed by atoms with Gasteiger partial charge in [0.15, 0.2) is 0 Å². The number of ether oxygens (including phenoxy) is 3. The number of esters is 2. The standard InChI is InChI=1S/C26H25N3O7S2/c1-4-35-25(32)17-12-18(16-8-6-5-7-9-16)37-22(17)28-19(30)13-29-14-27-23-20(24(29)31)15(2)21(38-23)26(33)36-11-10-34-3/h5-9,12,14H,4,10-11,13H2,1-3H3,(H,28,30). The van der Waals surface area contributed by atoms with Crippen molar-refractivity contribution < 1.29 is 28.6 Å². The number of carbonyl (C=O) groups is 3. The Balaban J connectivity index is 1.58. The van der Waals surface area contributed by atoms with Gasteiger partial charge in [-0.15, -0.1) is 22.7 Å². The number of anilines is 1. The molecule has 3 heterocycles.